The Morgan fingerprint density at radius 2 is 1.80 bits per heavy atom. The molecule has 3 rings (SSSR count). The highest BCUT2D eigenvalue weighted by Crippen LogP contribution is 2.22. The number of carbonyl (C=O) groups is 1. The van der Waals surface area contributed by atoms with Gasteiger partial charge in [-0.25, -0.2) is 0 Å². The number of amides is 1. The molecule has 0 saturated carbocycles. The van der Waals surface area contributed by atoms with Crippen LogP contribution < -0.4 is 15.4 Å². The van der Waals surface area contributed by atoms with Gasteiger partial charge in [-0.3, -0.25) is 4.79 Å². The van der Waals surface area contributed by atoms with Crippen molar-refractivity contribution in [2.75, 3.05) is 20.2 Å². The smallest absolute Gasteiger partial charge is 0.220 e. The molecule has 1 atom stereocenters. The SMILES string of the molecule is COc1ccc(-c2ccc(CNC(=O)CCC3CCNC3)cc2)cc1. The van der Waals surface area contributed by atoms with Crippen molar-refractivity contribution in [1.29, 1.82) is 0 Å². The van der Waals surface area contributed by atoms with Gasteiger partial charge in [0.15, 0.2) is 0 Å². The summed E-state index contributed by atoms with van der Waals surface area (Å²) in [5, 5.41) is 6.36. The highest BCUT2D eigenvalue weighted by molar-refractivity contribution is 5.75. The zero-order valence-corrected chi connectivity index (χ0v) is 14.8. The predicted octanol–water partition coefficient (Wildman–Crippen LogP) is 3.37. The van der Waals surface area contributed by atoms with Gasteiger partial charge in [0.25, 0.3) is 0 Å². The highest BCUT2D eigenvalue weighted by atomic mass is 16.5. The van der Waals surface area contributed by atoms with Crippen LogP contribution in [0.1, 0.15) is 24.8 Å². The second kappa shape index (κ2) is 8.67. The molecular formula is C21H26N2O2. The van der Waals surface area contributed by atoms with Gasteiger partial charge in [-0.15, -0.1) is 0 Å². The summed E-state index contributed by atoms with van der Waals surface area (Å²) in [5.41, 5.74) is 3.43. The number of ether oxygens (including phenoxy) is 1. The molecule has 1 unspecified atom stereocenters. The van der Waals surface area contributed by atoms with Crippen molar-refractivity contribution in [3.63, 3.8) is 0 Å². The predicted molar refractivity (Wildman–Crippen MR) is 100 cm³/mol. The molecule has 0 spiro atoms. The van der Waals surface area contributed by atoms with E-state index in [4.69, 9.17) is 4.74 Å². The average molecular weight is 338 g/mol. The van der Waals surface area contributed by atoms with E-state index in [-0.39, 0.29) is 5.91 Å². The highest BCUT2D eigenvalue weighted by Gasteiger charge is 2.15. The molecule has 2 N–H and O–H groups in total. The molecule has 0 bridgehead atoms. The fraction of sp³-hybridized carbons (Fsp3) is 0.381. The van der Waals surface area contributed by atoms with Crippen LogP contribution in [0.5, 0.6) is 5.75 Å². The lowest BCUT2D eigenvalue weighted by molar-refractivity contribution is -0.121. The van der Waals surface area contributed by atoms with E-state index in [9.17, 15) is 4.79 Å². The number of rotatable bonds is 7. The van der Waals surface area contributed by atoms with E-state index in [1.165, 1.54) is 6.42 Å². The summed E-state index contributed by atoms with van der Waals surface area (Å²) in [5.74, 6) is 1.66. The minimum atomic E-state index is 0.145. The summed E-state index contributed by atoms with van der Waals surface area (Å²) >= 11 is 0. The minimum absolute atomic E-state index is 0.145. The molecule has 4 nitrogen and oxygen atoms in total. The molecular weight excluding hydrogens is 312 g/mol. The van der Waals surface area contributed by atoms with Gasteiger partial charge in [-0.1, -0.05) is 36.4 Å². The Kier molecular flexibility index (Phi) is 6.07. The second-order valence-electron chi connectivity index (χ2n) is 6.60. The molecule has 1 amide bonds. The lowest BCUT2D eigenvalue weighted by Gasteiger charge is -2.09. The van der Waals surface area contributed by atoms with E-state index in [0.717, 1.165) is 42.0 Å². The number of nitrogens with one attached hydrogen (secondary N) is 2. The van der Waals surface area contributed by atoms with E-state index in [1.54, 1.807) is 7.11 Å². The summed E-state index contributed by atoms with van der Waals surface area (Å²) in [6.45, 7) is 2.73. The Hall–Kier alpha value is -2.33. The monoisotopic (exact) mass is 338 g/mol. The summed E-state index contributed by atoms with van der Waals surface area (Å²) in [6, 6.07) is 16.3. The van der Waals surface area contributed by atoms with E-state index >= 15 is 0 Å². The van der Waals surface area contributed by atoms with Gasteiger partial charge >= 0.3 is 0 Å². The van der Waals surface area contributed by atoms with E-state index in [2.05, 4.69) is 34.9 Å². The fourth-order valence-electron chi connectivity index (χ4n) is 3.18. The van der Waals surface area contributed by atoms with Crippen LogP contribution in [-0.4, -0.2) is 26.1 Å². The first-order chi connectivity index (χ1) is 12.2. The fourth-order valence-corrected chi connectivity index (χ4v) is 3.18. The van der Waals surface area contributed by atoms with Crippen LogP contribution in [0.3, 0.4) is 0 Å². The molecule has 1 saturated heterocycles. The van der Waals surface area contributed by atoms with Crippen molar-refractivity contribution >= 4 is 5.91 Å². The molecule has 1 aliphatic rings. The molecule has 0 aromatic heterocycles. The van der Waals surface area contributed by atoms with E-state index in [1.807, 2.05) is 24.3 Å². The molecule has 25 heavy (non-hydrogen) atoms. The van der Waals surface area contributed by atoms with Gasteiger partial charge in [0, 0.05) is 13.0 Å². The van der Waals surface area contributed by atoms with Crippen LogP contribution in [0.2, 0.25) is 0 Å². The molecule has 132 valence electrons. The maximum absolute atomic E-state index is 12.0. The first-order valence-corrected chi connectivity index (χ1v) is 8.95. The second-order valence-corrected chi connectivity index (χ2v) is 6.60. The maximum atomic E-state index is 12.0. The van der Waals surface area contributed by atoms with Crippen molar-refractivity contribution in [3.05, 3.63) is 54.1 Å². The van der Waals surface area contributed by atoms with Crippen molar-refractivity contribution < 1.29 is 9.53 Å². The number of benzene rings is 2. The quantitative estimate of drug-likeness (QED) is 0.814. The Balaban J connectivity index is 1.47. The normalized spacial score (nSPS) is 16.6. The Labute approximate surface area is 149 Å². The number of carbonyl (C=O) groups excluding carboxylic acids is 1. The van der Waals surface area contributed by atoms with Crippen molar-refractivity contribution in [2.45, 2.75) is 25.8 Å². The molecule has 2 aromatic rings. The minimum Gasteiger partial charge on any atom is -0.497 e. The summed E-state index contributed by atoms with van der Waals surface area (Å²) < 4.78 is 5.19. The topological polar surface area (TPSA) is 50.4 Å². The Bertz CT molecular complexity index is 674. The number of methoxy groups -OCH3 is 1. The summed E-state index contributed by atoms with van der Waals surface area (Å²) in [6.07, 6.45) is 2.80. The van der Waals surface area contributed by atoms with Gasteiger partial charge in [0.05, 0.1) is 7.11 Å². The van der Waals surface area contributed by atoms with Crippen molar-refractivity contribution in [3.8, 4) is 16.9 Å². The third-order valence-electron chi connectivity index (χ3n) is 4.81. The van der Waals surface area contributed by atoms with Crippen molar-refractivity contribution in [1.82, 2.24) is 10.6 Å². The van der Waals surface area contributed by atoms with E-state index in [0.29, 0.717) is 18.9 Å². The summed E-state index contributed by atoms with van der Waals surface area (Å²) in [7, 11) is 1.67. The van der Waals surface area contributed by atoms with Crippen LogP contribution in [0.15, 0.2) is 48.5 Å². The molecule has 0 radical (unpaired) electrons. The maximum Gasteiger partial charge on any atom is 0.220 e. The van der Waals surface area contributed by atoms with Gasteiger partial charge in [0.2, 0.25) is 5.91 Å². The van der Waals surface area contributed by atoms with Crippen LogP contribution in [0, 0.1) is 5.92 Å². The standard InChI is InChI=1S/C21H26N2O2/c1-25-20-9-7-19(8-10-20)18-5-2-16(3-6-18)15-23-21(24)11-4-17-12-13-22-14-17/h2-3,5-10,17,22H,4,11-15H2,1H3,(H,23,24). The lowest BCUT2D eigenvalue weighted by atomic mass is 10.0. The molecule has 0 aliphatic carbocycles. The Morgan fingerprint density at radius 1 is 1.12 bits per heavy atom. The van der Waals surface area contributed by atoms with Crippen LogP contribution in [0.25, 0.3) is 11.1 Å². The largest absolute Gasteiger partial charge is 0.497 e. The Morgan fingerprint density at radius 3 is 2.40 bits per heavy atom. The van der Waals surface area contributed by atoms with Crippen LogP contribution in [0.4, 0.5) is 0 Å². The first kappa shape index (κ1) is 17.5. The third-order valence-corrected chi connectivity index (χ3v) is 4.81. The molecule has 1 fully saturated rings. The molecule has 2 aromatic carbocycles. The molecule has 4 heteroatoms. The molecule has 1 heterocycles. The van der Waals surface area contributed by atoms with Crippen molar-refractivity contribution in [2.24, 2.45) is 5.92 Å². The zero-order chi connectivity index (χ0) is 17.5. The average Bonchev–Trinajstić information content (AvgIpc) is 3.19. The number of hydrogen-bond donors (Lipinski definition) is 2. The third kappa shape index (κ3) is 5.07. The van der Waals surface area contributed by atoms with Crippen LogP contribution >= 0.6 is 0 Å². The summed E-state index contributed by atoms with van der Waals surface area (Å²) in [4.78, 5) is 12.0. The molecule has 1 aliphatic heterocycles. The van der Waals surface area contributed by atoms with Gasteiger partial charge in [-0.05, 0) is 60.7 Å². The van der Waals surface area contributed by atoms with Gasteiger partial charge < -0.3 is 15.4 Å². The first-order valence-electron chi connectivity index (χ1n) is 8.95. The van der Waals surface area contributed by atoms with E-state index < -0.39 is 0 Å². The lowest BCUT2D eigenvalue weighted by Crippen LogP contribution is -2.23. The van der Waals surface area contributed by atoms with Crippen LogP contribution in [-0.2, 0) is 11.3 Å². The van der Waals surface area contributed by atoms with Gasteiger partial charge in [-0.2, -0.15) is 0 Å². The van der Waals surface area contributed by atoms with Gasteiger partial charge in [0.1, 0.15) is 5.75 Å². The number of hydrogen-bond acceptors (Lipinski definition) is 3. The zero-order valence-electron chi connectivity index (χ0n) is 14.8.